The summed E-state index contributed by atoms with van der Waals surface area (Å²) < 4.78 is 5.21. The maximum atomic E-state index is 5.21. The van der Waals surface area contributed by atoms with Gasteiger partial charge >= 0.3 is 0 Å². The Kier molecular flexibility index (Phi) is 7.20. The van der Waals surface area contributed by atoms with Gasteiger partial charge in [-0.25, -0.2) is 0 Å². The van der Waals surface area contributed by atoms with E-state index in [-0.39, 0.29) is 22.4 Å². The summed E-state index contributed by atoms with van der Waals surface area (Å²) in [6.45, 7) is 2.07. The summed E-state index contributed by atoms with van der Waals surface area (Å²) in [4.78, 5) is 8.74. The first-order chi connectivity index (χ1) is 15.8. The second-order valence-electron chi connectivity index (χ2n) is 7.41. The third-order valence-electron chi connectivity index (χ3n) is 5.38. The number of rotatable bonds is 3. The summed E-state index contributed by atoms with van der Waals surface area (Å²) in [6, 6.07) is 34.7. The molecule has 1 radical (unpaired) electrons. The molecule has 0 saturated heterocycles. The molecule has 2 heterocycles. The Morgan fingerprint density at radius 1 is 0.636 bits per heavy atom. The Morgan fingerprint density at radius 3 is 1.79 bits per heavy atom. The molecule has 0 N–H and O–H groups in total. The molecular weight excluding hydrogens is 591 g/mol. The molecule has 169 valence electrons. The second kappa shape index (κ2) is 10.5. The molecule has 6 rings (SSSR count). The Hall–Kier alpha value is -3.44. The summed E-state index contributed by atoms with van der Waals surface area (Å²) in [7, 11) is 1.68. The Balaban J connectivity index is 0.000000153. The zero-order valence-corrected chi connectivity index (χ0v) is 20.3. The molecule has 4 nitrogen and oxygen atoms in total. The minimum Gasteiger partial charge on any atom is -0.657 e. The largest absolute Gasteiger partial charge is 0.657 e. The quantitative estimate of drug-likeness (QED) is 0.170. The average molecular weight is 614 g/mol. The van der Waals surface area contributed by atoms with Crippen LogP contribution in [0.25, 0.3) is 21.8 Å². The van der Waals surface area contributed by atoms with Crippen molar-refractivity contribution in [1.29, 1.82) is 0 Å². The summed E-state index contributed by atoms with van der Waals surface area (Å²) in [5.74, 6) is 0.876. The molecular formula is C28H23AuN3O-2. The number of anilines is 2. The maximum Gasteiger partial charge on any atom is 0.119 e. The molecule has 1 aliphatic rings. The van der Waals surface area contributed by atoms with Gasteiger partial charge in [0.1, 0.15) is 5.75 Å². The van der Waals surface area contributed by atoms with Crippen molar-refractivity contribution in [2.45, 2.75) is 0 Å². The third kappa shape index (κ3) is 4.99. The van der Waals surface area contributed by atoms with Gasteiger partial charge in [-0.1, -0.05) is 66.7 Å². The van der Waals surface area contributed by atoms with Gasteiger partial charge in [0.05, 0.1) is 7.11 Å². The molecule has 5 aromatic rings. The van der Waals surface area contributed by atoms with Crippen LogP contribution in [0.3, 0.4) is 0 Å². The second-order valence-corrected chi connectivity index (χ2v) is 7.41. The Morgan fingerprint density at radius 2 is 1.18 bits per heavy atom. The summed E-state index contributed by atoms with van der Waals surface area (Å²) in [5.41, 5.74) is 4.40. The van der Waals surface area contributed by atoms with E-state index in [2.05, 4.69) is 64.2 Å². The molecule has 0 saturated carbocycles. The fourth-order valence-corrected chi connectivity index (χ4v) is 3.74. The number of para-hydroxylation sites is 3. The van der Waals surface area contributed by atoms with Crippen molar-refractivity contribution in [3.63, 3.8) is 0 Å². The van der Waals surface area contributed by atoms with Crippen LogP contribution in [0.15, 0.2) is 116 Å². The topological polar surface area (TPSA) is 29.8 Å². The number of nitrogens with zero attached hydrogens (tertiary/aromatic N) is 3. The molecule has 0 fully saturated rings. The van der Waals surface area contributed by atoms with Gasteiger partial charge in [0.15, 0.2) is 0 Å². The number of fused-ring (bicyclic) bond motifs is 3. The van der Waals surface area contributed by atoms with E-state index in [0.29, 0.717) is 0 Å². The molecule has 0 unspecified atom stereocenters. The maximum absolute atomic E-state index is 5.21. The van der Waals surface area contributed by atoms with E-state index in [1.807, 2.05) is 72.8 Å². The van der Waals surface area contributed by atoms with Crippen molar-refractivity contribution in [3.05, 3.63) is 122 Å². The van der Waals surface area contributed by atoms with E-state index in [0.717, 1.165) is 22.2 Å². The van der Waals surface area contributed by atoms with Crippen LogP contribution < -0.4 is 19.5 Å². The van der Waals surface area contributed by atoms with Crippen molar-refractivity contribution >= 4 is 33.2 Å². The Labute approximate surface area is 209 Å². The normalized spacial score (nSPS) is 12.4. The minimum atomic E-state index is 0. The molecule has 4 aromatic carbocycles. The number of benzene rings is 4. The van der Waals surface area contributed by atoms with E-state index in [1.165, 1.54) is 16.8 Å². The van der Waals surface area contributed by atoms with E-state index < -0.39 is 0 Å². The molecule has 0 aliphatic carbocycles. The molecule has 1 aliphatic heterocycles. The van der Waals surface area contributed by atoms with Gasteiger partial charge in [-0.2, -0.15) is 0 Å². The van der Waals surface area contributed by atoms with Crippen LogP contribution in [-0.2, 0) is 22.4 Å². The fraction of sp³-hybridized carbons (Fsp3) is 0.0357. The number of ether oxygens (including phenoxy) is 1. The average Bonchev–Trinajstić information content (AvgIpc) is 3.50. The molecule has 33 heavy (non-hydrogen) atoms. The van der Waals surface area contributed by atoms with Gasteiger partial charge in [-0.15, -0.1) is 17.7 Å². The van der Waals surface area contributed by atoms with E-state index >= 15 is 0 Å². The zero-order valence-electron chi connectivity index (χ0n) is 18.1. The summed E-state index contributed by atoms with van der Waals surface area (Å²) in [6.07, 6.45) is 4.12. The van der Waals surface area contributed by atoms with Crippen LogP contribution in [0.1, 0.15) is 0 Å². The standard InChI is InChI=1S/C15H13N2.C13H10NO.Au/c1-3-7-14(8-4-1)16-11-12-17(13-16)15-9-5-2-6-10-15;1-15-9-6-7-13-11(8-9)10-4-2-3-5-12(10)14-13;/h1-13H;2-8H,1H3;/q2*-1;. The van der Waals surface area contributed by atoms with E-state index in [1.54, 1.807) is 7.11 Å². The van der Waals surface area contributed by atoms with Crippen molar-refractivity contribution in [1.82, 2.24) is 4.98 Å². The summed E-state index contributed by atoms with van der Waals surface area (Å²) >= 11 is 0. The van der Waals surface area contributed by atoms with Crippen LogP contribution in [0.4, 0.5) is 11.4 Å². The molecule has 0 amide bonds. The smallest absolute Gasteiger partial charge is 0.119 e. The van der Waals surface area contributed by atoms with Gasteiger partial charge < -0.3 is 19.5 Å². The first-order valence-electron chi connectivity index (χ1n) is 10.5. The van der Waals surface area contributed by atoms with Crippen LogP contribution in [0.5, 0.6) is 5.75 Å². The minimum absolute atomic E-state index is 0. The van der Waals surface area contributed by atoms with E-state index in [4.69, 9.17) is 4.74 Å². The van der Waals surface area contributed by atoms with Crippen molar-refractivity contribution in [2.24, 2.45) is 0 Å². The van der Waals surface area contributed by atoms with Gasteiger partial charge in [0.2, 0.25) is 0 Å². The molecule has 0 spiro atoms. The molecule has 1 aromatic heterocycles. The van der Waals surface area contributed by atoms with Crippen molar-refractivity contribution < 1.29 is 27.1 Å². The van der Waals surface area contributed by atoms with Crippen LogP contribution >= 0.6 is 0 Å². The predicted molar refractivity (Wildman–Crippen MR) is 133 cm³/mol. The van der Waals surface area contributed by atoms with Gasteiger partial charge in [0.25, 0.3) is 0 Å². The molecule has 0 bridgehead atoms. The number of hydrogen-bond acceptors (Lipinski definition) is 3. The van der Waals surface area contributed by atoms with Crippen LogP contribution in [0, 0.1) is 6.67 Å². The first-order valence-corrected chi connectivity index (χ1v) is 10.5. The predicted octanol–water partition coefficient (Wildman–Crippen LogP) is 6.56. The molecule has 0 atom stereocenters. The van der Waals surface area contributed by atoms with Gasteiger partial charge in [0, 0.05) is 33.8 Å². The zero-order chi connectivity index (χ0) is 21.8. The van der Waals surface area contributed by atoms with Crippen molar-refractivity contribution in [2.75, 3.05) is 16.9 Å². The summed E-state index contributed by atoms with van der Waals surface area (Å²) in [5, 5.41) is 2.34. The number of hydrogen-bond donors (Lipinski definition) is 0. The fourth-order valence-electron chi connectivity index (χ4n) is 3.74. The Bertz CT molecular complexity index is 1300. The number of aromatic nitrogens is 1. The first kappa shape index (κ1) is 22.7. The SMILES string of the molecule is C1=CN(c2ccccc2)[CH-]N1c1ccccc1.COc1ccc2[n-]c3ccccc3c2c1.[Au]. The molecule has 5 heteroatoms. The van der Waals surface area contributed by atoms with E-state index in [9.17, 15) is 0 Å². The van der Waals surface area contributed by atoms with Gasteiger partial charge in [-0.05, 0) is 59.6 Å². The van der Waals surface area contributed by atoms with Crippen LogP contribution in [0.2, 0.25) is 0 Å². The number of methoxy groups -OCH3 is 1. The van der Waals surface area contributed by atoms with Crippen molar-refractivity contribution in [3.8, 4) is 5.75 Å². The third-order valence-corrected chi connectivity index (χ3v) is 5.38. The van der Waals surface area contributed by atoms with Gasteiger partial charge in [-0.3, -0.25) is 0 Å². The monoisotopic (exact) mass is 614 g/mol. The van der Waals surface area contributed by atoms with Crippen LogP contribution in [-0.4, -0.2) is 7.11 Å².